The van der Waals surface area contributed by atoms with Crippen molar-refractivity contribution in [3.05, 3.63) is 23.7 Å². The van der Waals surface area contributed by atoms with E-state index in [1.54, 1.807) is 0 Å². The van der Waals surface area contributed by atoms with Gasteiger partial charge in [0.05, 0.1) is 6.26 Å². The fourth-order valence-electron chi connectivity index (χ4n) is 3.08. The molecule has 1 aliphatic carbocycles. The Labute approximate surface area is 105 Å². The zero-order chi connectivity index (χ0) is 12.1. The summed E-state index contributed by atoms with van der Waals surface area (Å²) >= 11 is 0. The quantitative estimate of drug-likeness (QED) is 0.827. The highest BCUT2D eigenvalue weighted by Gasteiger charge is 2.21. The maximum absolute atomic E-state index is 5.44. The fraction of sp³-hybridized carbons (Fsp3) is 0.733. The van der Waals surface area contributed by atoms with Gasteiger partial charge in [0.15, 0.2) is 0 Å². The van der Waals surface area contributed by atoms with Crippen LogP contribution in [0.1, 0.15) is 62.8 Å². The van der Waals surface area contributed by atoms with Gasteiger partial charge in [0.1, 0.15) is 5.76 Å². The smallest absolute Gasteiger partial charge is 0.105 e. The van der Waals surface area contributed by atoms with Crippen LogP contribution in [0.2, 0.25) is 0 Å². The monoisotopic (exact) mass is 235 g/mol. The zero-order valence-corrected chi connectivity index (χ0v) is 11.2. The van der Waals surface area contributed by atoms with Crippen LogP contribution >= 0.6 is 0 Å². The third-order valence-electron chi connectivity index (χ3n) is 4.02. The molecule has 0 spiro atoms. The summed E-state index contributed by atoms with van der Waals surface area (Å²) in [5.74, 6) is 1.98. The van der Waals surface area contributed by atoms with Crippen LogP contribution in [0.3, 0.4) is 0 Å². The summed E-state index contributed by atoms with van der Waals surface area (Å²) in [6, 6.07) is 2.62. The van der Waals surface area contributed by atoms with Crippen LogP contribution in [-0.4, -0.2) is 6.54 Å². The molecule has 1 aliphatic rings. The lowest BCUT2D eigenvalue weighted by Crippen LogP contribution is -2.24. The van der Waals surface area contributed by atoms with Crippen molar-refractivity contribution in [2.75, 3.05) is 6.54 Å². The molecular formula is C15H25NO. The number of hydrogen-bond donors (Lipinski definition) is 1. The van der Waals surface area contributed by atoms with Crippen LogP contribution in [0, 0.1) is 12.8 Å². The zero-order valence-electron chi connectivity index (χ0n) is 11.2. The first-order valence-electron chi connectivity index (χ1n) is 7.08. The molecule has 0 radical (unpaired) electrons. The second-order valence-electron chi connectivity index (χ2n) is 5.28. The Morgan fingerprint density at radius 3 is 2.71 bits per heavy atom. The molecule has 2 heteroatoms. The first kappa shape index (κ1) is 12.7. The first-order chi connectivity index (χ1) is 8.31. The molecule has 1 heterocycles. The van der Waals surface area contributed by atoms with E-state index in [0.717, 1.165) is 18.2 Å². The Morgan fingerprint density at radius 2 is 2.12 bits per heavy atom. The second-order valence-corrected chi connectivity index (χ2v) is 5.28. The molecule has 0 aliphatic heterocycles. The van der Waals surface area contributed by atoms with Crippen molar-refractivity contribution in [1.82, 2.24) is 5.32 Å². The molecular weight excluding hydrogens is 210 g/mol. The van der Waals surface area contributed by atoms with Crippen LogP contribution < -0.4 is 5.32 Å². The summed E-state index contributed by atoms with van der Waals surface area (Å²) in [4.78, 5) is 0. The Bertz CT molecular complexity index is 325. The Morgan fingerprint density at radius 1 is 1.35 bits per heavy atom. The molecule has 0 amide bonds. The van der Waals surface area contributed by atoms with E-state index >= 15 is 0 Å². The SMILES string of the molecule is CCNC(CC1CCCCC1)c1ccoc1C. The molecule has 1 unspecified atom stereocenters. The third kappa shape index (κ3) is 3.35. The predicted octanol–water partition coefficient (Wildman–Crippen LogP) is 4.21. The molecule has 2 rings (SSSR count). The molecule has 0 bridgehead atoms. The minimum atomic E-state index is 0.488. The largest absolute Gasteiger partial charge is 0.469 e. The lowest BCUT2D eigenvalue weighted by Gasteiger charge is -2.27. The van der Waals surface area contributed by atoms with Crippen molar-refractivity contribution >= 4 is 0 Å². The average molecular weight is 235 g/mol. The highest BCUT2D eigenvalue weighted by Crippen LogP contribution is 2.33. The Balaban J connectivity index is 1.99. The van der Waals surface area contributed by atoms with Gasteiger partial charge in [0.2, 0.25) is 0 Å². The van der Waals surface area contributed by atoms with Crippen molar-refractivity contribution < 1.29 is 4.42 Å². The predicted molar refractivity (Wildman–Crippen MR) is 71.1 cm³/mol. The Kier molecular flexibility index (Phi) is 4.66. The van der Waals surface area contributed by atoms with Gasteiger partial charge in [-0.15, -0.1) is 0 Å². The summed E-state index contributed by atoms with van der Waals surface area (Å²) < 4.78 is 5.44. The fourth-order valence-corrected chi connectivity index (χ4v) is 3.08. The summed E-state index contributed by atoms with van der Waals surface area (Å²) in [5.41, 5.74) is 1.36. The van der Waals surface area contributed by atoms with Crippen molar-refractivity contribution in [2.45, 2.75) is 58.4 Å². The van der Waals surface area contributed by atoms with Gasteiger partial charge in [-0.05, 0) is 31.9 Å². The van der Waals surface area contributed by atoms with E-state index in [-0.39, 0.29) is 0 Å². The maximum atomic E-state index is 5.44. The van der Waals surface area contributed by atoms with Gasteiger partial charge < -0.3 is 9.73 Å². The summed E-state index contributed by atoms with van der Waals surface area (Å²) in [5, 5.41) is 3.61. The molecule has 1 fully saturated rings. The van der Waals surface area contributed by atoms with E-state index in [1.165, 1.54) is 44.1 Å². The van der Waals surface area contributed by atoms with Gasteiger partial charge in [-0.3, -0.25) is 0 Å². The number of aryl methyl sites for hydroxylation is 1. The first-order valence-corrected chi connectivity index (χ1v) is 7.08. The molecule has 1 aromatic rings. The summed E-state index contributed by atoms with van der Waals surface area (Å²) in [6.45, 7) is 5.28. The molecule has 1 saturated carbocycles. The van der Waals surface area contributed by atoms with E-state index < -0.39 is 0 Å². The number of furan rings is 1. The molecule has 17 heavy (non-hydrogen) atoms. The summed E-state index contributed by atoms with van der Waals surface area (Å²) in [6.07, 6.45) is 10.2. The number of hydrogen-bond acceptors (Lipinski definition) is 2. The van der Waals surface area contributed by atoms with Gasteiger partial charge in [-0.2, -0.15) is 0 Å². The molecule has 1 atom stereocenters. The minimum absolute atomic E-state index is 0.488. The van der Waals surface area contributed by atoms with E-state index in [4.69, 9.17) is 4.42 Å². The third-order valence-corrected chi connectivity index (χ3v) is 4.02. The second kappa shape index (κ2) is 6.25. The molecule has 2 nitrogen and oxygen atoms in total. The number of rotatable bonds is 5. The highest BCUT2D eigenvalue weighted by atomic mass is 16.3. The van der Waals surface area contributed by atoms with Crippen molar-refractivity contribution in [3.8, 4) is 0 Å². The topological polar surface area (TPSA) is 25.2 Å². The van der Waals surface area contributed by atoms with E-state index in [9.17, 15) is 0 Å². The van der Waals surface area contributed by atoms with Crippen molar-refractivity contribution in [2.24, 2.45) is 5.92 Å². The summed E-state index contributed by atoms with van der Waals surface area (Å²) in [7, 11) is 0. The average Bonchev–Trinajstić information content (AvgIpc) is 2.76. The highest BCUT2D eigenvalue weighted by molar-refractivity contribution is 5.20. The van der Waals surface area contributed by atoms with Crippen molar-refractivity contribution in [3.63, 3.8) is 0 Å². The Hall–Kier alpha value is -0.760. The van der Waals surface area contributed by atoms with Gasteiger partial charge in [-0.25, -0.2) is 0 Å². The van der Waals surface area contributed by atoms with Crippen LogP contribution in [-0.2, 0) is 0 Å². The van der Waals surface area contributed by atoms with Crippen LogP contribution in [0.4, 0.5) is 0 Å². The molecule has 1 aromatic heterocycles. The van der Waals surface area contributed by atoms with Gasteiger partial charge in [-0.1, -0.05) is 39.0 Å². The lowest BCUT2D eigenvalue weighted by atomic mass is 9.83. The minimum Gasteiger partial charge on any atom is -0.469 e. The van der Waals surface area contributed by atoms with Crippen LogP contribution in [0.5, 0.6) is 0 Å². The molecule has 96 valence electrons. The van der Waals surface area contributed by atoms with E-state index in [1.807, 2.05) is 6.26 Å². The van der Waals surface area contributed by atoms with Gasteiger partial charge >= 0.3 is 0 Å². The van der Waals surface area contributed by atoms with Crippen molar-refractivity contribution in [1.29, 1.82) is 0 Å². The van der Waals surface area contributed by atoms with Gasteiger partial charge in [0.25, 0.3) is 0 Å². The van der Waals surface area contributed by atoms with Crippen LogP contribution in [0.25, 0.3) is 0 Å². The maximum Gasteiger partial charge on any atom is 0.105 e. The standard InChI is InChI=1S/C15H25NO/c1-3-16-15(14-9-10-17-12(14)2)11-13-7-5-4-6-8-13/h9-10,13,15-16H,3-8,11H2,1-2H3. The van der Waals surface area contributed by atoms with E-state index in [2.05, 4.69) is 25.2 Å². The molecule has 0 saturated heterocycles. The van der Waals surface area contributed by atoms with Crippen LogP contribution in [0.15, 0.2) is 16.7 Å². The van der Waals surface area contributed by atoms with E-state index in [0.29, 0.717) is 6.04 Å². The lowest BCUT2D eigenvalue weighted by molar-refractivity contribution is 0.300. The molecule has 1 N–H and O–H groups in total. The van der Waals surface area contributed by atoms with Gasteiger partial charge in [0, 0.05) is 11.6 Å². The molecule has 0 aromatic carbocycles. The number of nitrogens with one attached hydrogen (secondary N) is 1. The normalized spacial score (nSPS) is 19.4.